The summed E-state index contributed by atoms with van der Waals surface area (Å²) in [6, 6.07) is 16.9. The van der Waals surface area contributed by atoms with Gasteiger partial charge in [0.25, 0.3) is 0 Å². The van der Waals surface area contributed by atoms with Crippen molar-refractivity contribution in [2.45, 2.75) is 13.8 Å². The van der Waals surface area contributed by atoms with Gasteiger partial charge >= 0.3 is 5.97 Å². The van der Waals surface area contributed by atoms with Gasteiger partial charge in [-0.05, 0) is 37.6 Å². The minimum atomic E-state index is -0.372. The van der Waals surface area contributed by atoms with Gasteiger partial charge < -0.3 is 15.4 Å². The minimum absolute atomic E-state index is 0.325. The van der Waals surface area contributed by atoms with Crippen molar-refractivity contribution in [3.05, 3.63) is 72.1 Å². The van der Waals surface area contributed by atoms with E-state index in [1.54, 1.807) is 25.1 Å². The van der Waals surface area contributed by atoms with Crippen LogP contribution in [0.2, 0.25) is 0 Å². The Morgan fingerprint density at radius 2 is 1.58 bits per heavy atom. The Morgan fingerprint density at radius 1 is 0.962 bits per heavy atom. The lowest BCUT2D eigenvalue weighted by Gasteiger charge is -2.12. The zero-order valence-corrected chi connectivity index (χ0v) is 14.7. The van der Waals surface area contributed by atoms with E-state index >= 15 is 0 Å². The van der Waals surface area contributed by atoms with Gasteiger partial charge in [-0.3, -0.25) is 0 Å². The van der Waals surface area contributed by atoms with E-state index in [4.69, 9.17) is 4.74 Å². The topological polar surface area (TPSA) is 76.1 Å². The number of para-hydroxylation sites is 2. The third-order valence-corrected chi connectivity index (χ3v) is 3.76. The monoisotopic (exact) mass is 348 g/mol. The lowest BCUT2D eigenvalue weighted by Crippen LogP contribution is -2.08. The van der Waals surface area contributed by atoms with E-state index < -0.39 is 0 Å². The summed E-state index contributed by atoms with van der Waals surface area (Å²) in [5, 5.41) is 6.43. The highest BCUT2D eigenvalue weighted by atomic mass is 16.5. The summed E-state index contributed by atoms with van der Waals surface area (Å²) in [7, 11) is 0. The van der Waals surface area contributed by atoms with Crippen molar-refractivity contribution in [1.29, 1.82) is 0 Å². The maximum atomic E-state index is 12.1. The molecule has 0 saturated heterocycles. The highest BCUT2D eigenvalue weighted by molar-refractivity contribution is 5.96. The van der Waals surface area contributed by atoms with Gasteiger partial charge in [0.15, 0.2) is 0 Å². The second-order valence-corrected chi connectivity index (χ2v) is 5.62. The number of anilines is 4. The van der Waals surface area contributed by atoms with E-state index in [0.717, 1.165) is 11.3 Å². The fourth-order valence-electron chi connectivity index (χ4n) is 2.46. The summed E-state index contributed by atoms with van der Waals surface area (Å²) in [5.74, 6) is 0.862. The first-order valence-corrected chi connectivity index (χ1v) is 8.35. The van der Waals surface area contributed by atoms with Gasteiger partial charge in [0.1, 0.15) is 18.0 Å². The molecule has 1 heterocycles. The number of carbonyl (C=O) groups excluding carboxylic acids is 1. The average Bonchev–Trinajstić information content (AvgIpc) is 2.65. The number of hydrogen-bond acceptors (Lipinski definition) is 6. The van der Waals surface area contributed by atoms with Crippen molar-refractivity contribution in [1.82, 2.24) is 9.97 Å². The number of rotatable bonds is 6. The van der Waals surface area contributed by atoms with Crippen LogP contribution in [0.5, 0.6) is 0 Å². The Bertz CT molecular complexity index is 912. The number of carbonyl (C=O) groups is 1. The quantitative estimate of drug-likeness (QED) is 0.641. The van der Waals surface area contributed by atoms with Crippen LogP contribution in [0.15, 0.2) is 60.9 Å². The molecule has 3 rings (SSSR count). The number of esters is 1. The second-order valence-electron chi connectivity index (χ2n) is 5.62. The van der Waals surface area contributed by atoms with Crippen LogP contribution in [0.1, 0.15) is 22.8 Å². The molecule has 3 aromatic rings. The Hall–Kier alpha value is -3.41. The van der Waals surface area contributed by atoms with Gasteiger partial charge in [-0.15, -0.1) is 0 Å². The van der Waals surface area contributed by atoms with Crippen molar-refractivity contribution in [2.75, 3.05) is 17.2 Å². The molecular weight excluding hydrogens is 328 g/mol. The van der Waals surface area contributed by atoms with Gasteiger partial charge in [-0.25, -0.2) is 14.8 Å². The SMILES string of the molecule is CCOC(=O)c1ccccc1Nc1cc(Nc2ccccc2C)ncn1. The Morgan fingerprint density at radius 3 is 2.27 bits per heavy atom. The molecule has 0 unspecified atom stereocenters. The number of nitrogens with zero attached hydrogens (tertiary/aromatic N) is 2. The molecular formula is C20H20N4O2. The van der Waals surface area contributed by atoms with E-state index in [-0.39, 0.29) is 5.97 Å². The average molecular weight is 348 g/mol. The van der Waals surface area contributed by atoms with Gasteiger partial charge in [-0.1, -0.05) is 30.3 Å². The van der Waals surface area contributed by atoms with Crippen molar-refractivity contribution in [3.63, 3.8) is 0 Å². The molecule has 2 aromatic carbocycles. The Balaban J connectivity index is 1.82. The van der Waals surface area contributed by atoms with Crippen LogP contribution in [-0.4, -0.2) is 22.5 Å². The summed E-state index contributed by atoms with van der Waals surface area (Å²) in [6.07, 6.45) is 1.47. The molecule has 0 aliphatic carbocycles. The van der Waals surface area contributed by atoms with Crippen molar-refractivity contribution >= 4 is 29.0 Å². The van der Waals surface area contributed by atoms with E-state index in [9.17, 15) is 4.79 Å². The third kappa shape index (κ3) is 4.16. The number of ether oxygens (including phenoxy) is 1. The van der Waals surface area contributed by atoms with Gasteiger partial charge in [0, 0.05) is 11.8 Å². The van der Waals surface area contributed by atoms with Gasteiger partial charge in [0.2, 0.25) is 0 Å². The minimum Gasteiger partial charge on any atom is -0.462 e. The van der Waals surface area contributed by atoms with Gasteiger partial charge in [0.05, 0.1) is 17.9 Å². The van der Waals surface area contributed by atoms with Crippen LogP contribution in [-0.2, 0) is 4.74 Å². The molecule has 0 bridgehead atoms. The molecule has 6 heteroatoms. The molecule has 0 saturated carbocycles. The standard InChI is InChI=1S/C20H20N4O2/c1-3-26-20(25)15-9-5-7-11-17(15)24-19-12-18(21-13-22-19)23-16-10-6-4-8-14(16)2/h4-13H,3H2,1-2H3,(H2,21,22,23,24). The fourth-order valence-corrected chi connectivity index (χ4v) is 2.46. The van der Waals surface area contributed by atoms with Crippen molar-refractivity contribution < 1.29 is 9.53 Å². The van der Waals surface area contributed by atoms with Crippen LogP contribution < -0.4 is 10.6 Å². The number of benzene rings is 2. The first-order chi connectivity index (χ1) is 12.7. The van der Waals surface area contributed by atoms with E-state index in [0.29, 0.717) is 29.5 Å². The number of aryl methyl sites for hydroxylation is 1. The molecule has 132 valence electrons. The normalized spacial score (nSPS) is 10.2. The maximum absolute atomic E-state index is 12.1. The first-order valence-electron chi connectivity index (χ1n) is 8.35. The zero-order chi connectivity index (χ0) is 18.4. The molecule has 0 fully saturated rings. The van der Waals surface area contributed by atoms with Crippen molar-refractivity contribution in [2.24, 2.45) is 0 Å². The van der Waals surface area contributed by atoms with E-state index in [1.807, 2.05) is 43.3 Å². The summed E-state index contributed by atoms with van der Waals surface area (Å²) in [6.45, 7) is 4.13. The summed E-state index contributed by atoms with van der Waals surface area (Å²) in [5.41, 5.74) is 3.19. The first kappa shape index (κ1) is 17.4. The molecule has 6 nitrogen and oxygen atoms in total. The fraction of sp³-hybridized carbons (Fsp3) is 0.150. The Kier molecular flexibility index (Phi) is 5.43. The van der Waals surface area contributed by atoms with Crippen LogP contribution in [0, 0.1) is 6.92 Å². The lowest BCUT2D eigenvalue weighted by molar-refractivity contribution is 0.0527. The molecule has 0 spiro atoms. The molecule has 0 aliphatic heterocycles. The van der Waals surface area contributed by atoms with E-state index in [2.05, 4.69) is 20.6 Å². The highest BCUT2D eigenvalue weighted by Gasteiger charge is 2.12. The smallest absolute Gasteiger partial charge is 0.340 e. The lowest BCUT2D eigenvalue weighted by atomic mass is 10.2. The maximum Gasteiger partial charge on any atom is 0.340 e. The summed E-state index contributed by atoms with van der Waals surface area (Å²) in [4.78, 5) is 20.6. The summed E-state index contributed by atoms with van der Waals surface area (Å²) >= 11 is 0. The molecule has 26 heavy (non-hydrogen) atoms. The molecule has 0 amide bonds. The predicted molar refractivity (Wildman–Crippen MR) is 102 cm³/mol. The summed E-state index contributed by atoms with van der Waals surface area (Å²) < 4.78 is 5.10. The molecule has 0 aliphatic rings. The van der Waals surface area contributed by atoms with Crippen LogP contribution >= 0.6 is 0 Å². The van der Waals surface area contributed by atoms with Crippen LogP contribution in [0.25, 0.3) is 0 Å². The molecule has 0 radical (unpaired) electrons. The van der Waals surface area contributed by atoms with Crippen LogP contribution in [0.3, 0.4) is 0 Å². The Labute approximate surface area is 152 Å². The predicted octanol–water partition coefficient (Wildman–Crippen LogP) is 4.45. The zero-order valence-electron chi connectivity index (χ0n) is 14.7. The third-order valence-electron chi connectivity index (χ3n) is 3.76. The molecule has 0 atom stereocenters. The highest BCUT2D eigenvalue weighted by Crippen LogP contribution is 2.23. The largest absolute Gasteiger partial charge is 0.462 e. The van der Waals surface area contributed by atoms with Crippen molar-refractivity contribution in [3.8, 4) is 0 Å². The van der Waals surface area contributed by atoms with E-state index in [1.165, 1.54) is 6.33 Å². The second kappa shape index (κ2) is 8.11. The number of aromatic nitrogens is 2. The molecule has 2 N–H and O–H groups in total. The molecule has 1 aromatic heterocycles. The van der Waals surface area contributed by atoms with Crippen LogP contribution in [0.4, 0.5) is 23.0 Å². The van der Waals surface area contributed by atoms with Gasteiger partial charge in [-0.2, -0.15) is 0 Å². The number of nitrogens with one attached hydrogen (secondary N) is 2. The number of hydrogen-bond donors (Lipinski definition) is 2.